The predicted octanol–water partition coefficient (Wildman–Crippen LogP) is 2.60. The first-order chi connectivity index (χ1) is 14.0. The Kier molecular flexibility index (Phi) is 5.80. The number of carbonyl (C=O) groups is 1. The van der Waals surface area contributed by atoms with Gasteiger partial charge in [0.25, 0.3) is 0 Å². The van der Waals surface area contributed by atoms with Crippen molar-refractivity contribution in [3.63, 3.8) is 0 Å². The van der Waals surface area contributed by atoms with Crippen LogP contribution < -0.4 is 4.74 Å². The summed E-state index contributed by atoms with van der Waals surface area (Å²) in [5, 5.41) is 8.36. The van der Waals surface area contributed by atoms with E-state index in [2.05, 4.69) is 22.3 Å². The molecule has 0 aliphatic carbocycles. The van der Waals surface area contributed by atoms with Gasteiger partial charge < -0.3 is 14.5 Å². The topological polar surface area (TPSA) is 63.5 Å². The molecular weight excluding hydrogens is 373 g/mol. The van der Waals surface area contributed by atoms with Crippen LogP contribution in [0.25, 0.3) is 11.3 Å². The number of amides is 1. The highest BCUT2D eigenvalue weighted by atomic mass is 19.1. The molecule has 0 radical (unpaired) electrons. The average molecular weight is 401 g/mol. The van der Waals surface area contributed by atoms with Crippen LogP contribution in [-0.4, -0.2) is 70.5 Å². The average Bonchev–Trinajstić information content (AvgIpc) is 3.14. The van der Waals surface area contributed by atoms with Crippen LogP contribution in [0.2, 0.25) is 0 Å². The van der Waals surface area contributed by atoms with Crippen LogP contribution in [0.4, 0.5) is 4.39 Å². The quantitative estimate of drug-likeness (QED) is 0.745. The Balaban J connectivity index is 1.31. The number of hydrogen-bond donors (Lipinski definition) is 0. The number of benzene rings is 1. The monoisotopic (exact) mass is 401 g/mol. The van der Waals surface area contributed by atoms with Gasteiger partial charge in [-0.2, -0.15) is 0 Å². The molecule has 0 saturated carbocycles. The molecule has 1 aromatic carbocycles. The van der Waals surface area contributed by atoms with Crippen LogP contribution in [0, 0.1) is 11.7 Å². The molecule has 29 heavy (non-hydrogen) atoms. The number of nitrogens with zero attached hydrogens (tertiary/aromatic N) is 5. The van der Waals surface area contributed by atoms with E-state index in [4.69, 9.17) is 4.74 Å². The van der Waals surface area contributed by atoms with Gasteiger partial charge in [-0.05, 0) is 64.0 Å². The molecule has 2 aromatic rings. The predicted molar refractivity (Wildman–Crippen MR) is 107 cm³/mol. The molecule has 0 spiro atoms. The fourth-order valence-corrected chi connectivity index (χ4v) is 3.99. The highest BCUT2D eigenvalue weighted by Gasteiger charge is 2.34. The van der Waals surface area contributed by atoms with Crippen molar-refractivity contribution in [3.8, 4) is 17.0 Å². The van der Waals surface area contributed by atoms with Crippen LogP contribution in [0.15, 0.2) is 24.4 Å². The summed E-state index contributed by atoms with van der Waals surface area (Å²) in [6.45, 7) is 5.71. The van der Waals surface area contributed by atoms with Gasteiger partial charge in [-0.25, -0.2) is 9.07 Å². The summed E-state index contributed by atoms with van der Waals surface area (Å²) in [4.78, 5) is 16.7. The van der Waals surface area contributed by atoms with Crippen molar-refractivity contribution >= 4 is 5.91 Å². The molecule has 2 saturated heterocycles. The second-order valence-electron chi connectivity index (χ2n) is 8.07. The van der Waals surface area contributed by atoms with Gasteiger partial charge in [0.05, 0.1) is 18.8 Å². The van der Waals surface area contributed by atoms with E-state index in [1.54, 1.807) is 16.8 Å². The Morgan fingerprint density at radius 2 is 2.03 bits per heavy atom. The van der Waals surface area contributed by atoms with Crippen LogP contribution in [0.5, 0.6) is 5.75 Å². The van der Waals surface area contributed by atoms with Crippen molar-refractivity contribution in [1.29, 1.82) is 0 Å². The number of rotatable bonds is 6. The summed E-state index contributed by atoms with van der Waals surface area (Å²) in [6, 6.07) is 4.93. The van der Waals surface area contributed by atoms with E-state index in [-0.39, 0.29) is 17.7 Å². The summed E-state index contributed by atoms with van der Waals surface area (Å²) in [5.74, 6) is 0.574. The first-order valence-electron chi connectivity index (χ1n) is 10.3. The van der Waals surface area contributed by atoms with E-state index >= 15 is 0 Å². The zero-order chi connectivity index (χ0) is 20.4. The van der Waals surface area contributed by atoms with Gasteiger partial charge in [0.1, 0.15) is 5.69 Å². The molecule has 7 nitrogen and oxygen atoms in total. The first kappa shape index (κ1) is 19.8. The molecule has 8 heteroatoms. The van der Waals surface area contributed by atoms with Crippen molar-refractivity contribution in [1.82, 2.24) is 24.8 Å². The molecule has 2 fully saturated rings. The maximum atomic E-state index is 14.1. The highest BCUT2D eigenvalue weighted by Crippen LogP contribution is 2.28. The minimum atomic E-state index is -0.409. The molecule has 0 N–H and O–H groups in total. The molecule has 2 aliphatic heterocycles. The van der Waals surface area contributed by atoms with Crippen LogP contribution >= 0.6 is 0 Å². The number of ether oxygens (including phenoxy) is 1. The molecule has 1 amide bonds. The Morgan fingerprint density at radius 1 is 1.28 bits per heavy atom. The smallest absolute Gasteiger partial charge is 0.222 e. The zero-order valence-corrected chi connectivity index (χ0v) is 17.1. The normalized spacial score (nSPS) is 18.7. The van der Waals surface area contributed by atoms with Crippen molar-refractivity contribution in [2.75, 3.05) is 39.8 Å². The number of aromatic nitrogens is 3. The fourth-order valence-electron chi connectivity index (χ4n) is 3.99. The van der Waals surface area contributed by atoms with Crippen molar-refractivity contribution < 1.29 is 13.9 Å². The van der Waals surface area contributed by atoms with Gasteiger partial charge in [0, 0.05) is 25.1 Å². The van der Waals surface area contributed by atoms with Crippen LogP contribution in [-0.2, 0) is 4.79 Å². The molecule has 0 unspecified atom stereocenters. The number of carbonyl (C=O) groups excluding carboxylic acids is 1. The summed E-state index contributed by atoms with van der Waals surface area (Å²) in [7, 11) is 2.13. The van der Waals surface area contributed by atoms with Gasteiger partial charge in [-0.3, -0.25) is 4.79 Å². The Labute approximate surface area is 170 Å². The molecule has 0 atom stereocenters. The second kappa shape index (κ2) is 8.49. The lowest BCUT2D eigenvalue weighted by atomic mass is 9.92. The Morgan fingerprint density at radius 3 is 2.72 bits per heavy atom. The molecule has 2 aliphatic rings. The molecule has 1 aromatic heterocycles. The van der Waals surface area contributed by atoms with Crippen LogP contribution in [0.3, 0.4) is 0 Å². The lowest BCUT2D eigenvalue weighted by Gasteiger charge is -2.40. The largest absolute Gasteiger partial charge is 0.491 e. The maximum absolute atomic E-state index is 14.1. The van der Waals surface area contributed by atoms with Gasteiger partial charge >= 0.3 is 0 Å². The standard InChI is InChI=1S/C21H28FN5O2/c1-3-29-20-5-4-16(11-18(20)22)19-14-27(24-23-19)17-12-26(13-17)21(28)10-15-6-8-25(2)9-7-15/h4-5,11,14-15,17H,3,6-10,12-13H2,1-2H3. The van der Waals surface area contributed by atoms with E-state index < -0.39 is 5.82 Å². The first-order valence-corrected chi connectivity index (χ1v) is 10.3. The minimum Gasteiger partial charge on any atom is -0.491 e. The van der Waals surface area contributed by atoms with Crippen molar-refractivity contribution in [2.24, 2.45) is 5.92 Å². The molecule has 3 heterocycles. The second-order valence-corrected chi connectivity index (χ2v) is 8.07. The number of likely N-dealkylation sites (tertiary alicyclic amines) is 2. The molecule has 4 rings (SSSR count). The van der Waals surface area contributed by atoms with Gasteiger partial charge in [-0.15, -0.1) is 5.10 Å². The Hall–Kier alpha value is -2.48. The summed E-state index contributed by atoms with van der Waals surface area (Å²) < 4.78 is 21.1. The van der Waals surface area contributed by atoms with Crippen molar-refractivity contribution in [3.05, 3.63) is 30.2 Å². The van der Waals surface area contributed by atoms with Gasteiger partial charge in [-0.1, -0.05) is 5.21 Å². The molecular formula is C21H28FN5O2. The summed E-state index contributed by atoms with van der Waals surface area (Å²) in [5.41, 5.74) is 1.27. The third kappa shape index (κ3) is 4.42. The lowest BCUT2D eigenvalue weighted by Crippen LogP contribution is -2.51. The Bertz CT molecular complexity index is 857. The molecule has 0 bridgehead atoms. The lowest BCUT2D eigenvalue weighted by molar-refractivity contribution is -0.138. The van der Waals surface area contributed by atoms with E-state index in [1.807, 2.05) is 18.0 Å². The van der Waals surface area contributed by atoms with E-state index in [1.165, 1.54) is 6.07 Å². The summed E-state index contributed by atoms with van der Waals surface area (Å²) >= 11 is 0. The summed E-state index contributed by atoms with van der Waals surface area (Å²) in [6.07, 6.45) is 4.67. The number of piperidine rings is 1. The SMILES string of the molecule is CCOc1ccc(-c2cn(C3CN(C(=O)CC4CCN(C)CC4)C3)nn2)cc1F. The van der Waals surface area contributed by atoms with Gasteiger partial charge in [0.15, 0.2) is 11.6 Å². The highest BCUT2D eigenvalue weighted by molar-refractivity contribution is 5.77. The van der Waals surface area contributed by atoms with E-state index in [9.17, 15) is 9.18 Å². The number of hydrogen-bond acceptors (Lipinski definition) is 5. The third-order valence-corrected chi connectivity index (χ3v) is 5.93. The van der Waals surface area contributed by atoms with E-state index in [0.29, 0.717) is 43.3 Å². The maximum Gasteiger partial charge on any atom is 0.222 e. The zero-order valence-electron chi connectivity index (χ0n) is 17.1. The third-order valence-electron chi connectivity index (χ3n) is 5.93. The van der Waals surface area contributed by atoms with Crippen molar-refractivity contribution in [2.45, 2.75) is 32.2 Å². The van der Waals surface area contributed by atoms with Crippen LogP contribution in [0.1, 0.15) is 32.2 Å². The van der Waals surface area contributed by atoms with E-state index in [0.717, 1.165) is 25.9 Å². The molecule has 156 valence electrons. The van der Waals surface area contributed by atoms with Gasteiger partial charge in [0.2, 0.25) is 5.91 Å². The fraction of sp³-hybridized carbons (Fsp3) is 0.571. The minimum absolute atomic E-state index is 0.130. The number of halogens is 1.